The third-order valence-corrected chi connectivity index (χ3v) is 4.22. The summed E-state index contributed by atoms with van der Waals surface area (Å²) in [5.74, 6) is 0.782. The second-order valence-electron chi connectivity index (χ2n) is 5.07. The first-order valence-corrected chi connectivity index (χ1v) is 8.12. The predicted molar refractivity (Wildman–Crippen MR) is 81.5 cm³/mol. The molecule has 1 aliphatic heterocycles. The molecule has 1 aromatic carbocycles. The van der Waals surface area contributed by atoms with Crippen molar-refractivity contribution in [1.29, 1.82) is 0 Å². The number of thioether (sulfide) groups is 1. The lowest BCUT2D eigenvalue weighted by Gasteiger charge is -2.32. The van der Waals surface area contributed by atoms with E-state index >= 15 is 0 Å². The standard InChI is InChI=1S/C15H20N2O2S/c1-15(12-6-4-3-5-7-12)14(19)17(10-11-20-2)9-8-13(18)16-15/h3-7H,8-11H2,1-2H3,(H,16,18). The molecule has 1 atom stereocenters. The summed E-state index contributed by atoms with van der Waals surface area (Å²) in [5.41, 5.74) is -0.137. The molecule has 0 spiro atoms. The third-order valence-electron chi connectivity index (χ3n) is 3.63. The zero-order valence-corrected chi connectivity index (χ0v) is 12.7. The van der Waals surface area contributed by atoms with Gasteiger partial charge in [-0.15, -0.1) is 0 Å². The van der Waals surface area contributed by atoms with Crippen molar-refractivity contribution in [3.05, 3.63) is 35.9 Å². The molecule has 1 heterocycles. The van der Waals surface area contributed by atoms with Gasteiger partial charge in [0.1, 0.15) is 5.54 Å². The van der Waals surface area contributed by atoms with E-state index in [-0.39, 0.29) is 11.8 Å². The van der Waals surface area contributed by atoms with Crippen molar-refractivity contribution in [2.45, 2.75) is 18.9 Å². The van der Waals surface area contributed by atoms with E-state index in [1.165, 1.54) is 0 Å². The molecule has 0 aliphatic carbocycles. The molecule has 1 aromatic rings. The molecule has 20 heavy (non-hydrogen) atoms. The molecule has 2 rings (SSSR count). The largest absolute Gasteiger partial charge is 0.339 e. The van der Waals surface area contributed by atoms with E-state index in [0.717, 1.165) is 11.3 Å². The van der Waals surface area contributed by atoms with Crippen molar-refractivity contribution < 1.29 is 9.59 Å². The summed E-state index contributed by atoms with van der Waals surface area (Å²) in [5, 5.41) is 2.89. The van der Waals surface area contributed by atoms with Crippen LogP contribution >= 0.6 is 11.8 Å². The highest BCUT2D eigenvalue weighted by Gasteiger charge is 2.41. The smallest absolute Gasteiger partial charge is 0.252 e. The minimum Gasteiger partial charge on any atom is -0.339 e. The van der Waals surface area contributed by atoms with Crippen LogP contribution in [-0.4, -0.2) is 41.8 Å². The summed E-state index contributed by atoms with van der Waals surface area (Å²) >= 11 is 1.70. The number of hydrogen-bond acceptors (Lipinski definition) is 3. The Hall–Kier alpha value is -1.49. The van der Waals surface area contributed by atoms with Gasteiger partial charge in [0, 0.05) is 25.3 Å². The second kappa shape index (κ2) is 6.31. The van der Waals surface area contributed by atoms with Crippen LogP contribution in [0, 0.1) is 0 Å². The van der Waals surface area contributed by atoms with Crippen molar-refractivity contribution in [2.75, 3.05) is 25.1 Å². The average Bonchev–Trinajstić information content (AvgIpc) is 2.57. The van der Waals surface area contributed by atoms with Gasteiger partial charge in [0.05, 0.1) is 0 Å². The second-order valence-corrected chi connectivity index (χ2v) is 6.06. The number of hydrogen-bond donors (Lipinski definition) is 1. The summed E-state index contributed by atoms with van der Waals surface area (Å²) < 4.78 is 0. The van der Waals surface area contributed by atoms with Crippen LogP contribution in [0.1, 0.15) is 18.9 Å². The number of carbonyl (C=O) groups excluding carboxylic acids is 2. The fourth-order valence-electron chi connectivity index (χ4n) is 2.43. The Morgan fingerprint density at radius 2 is 2.00 bits per heavy atom. The summed E-state index contributed by atoms with van der Waals surface area (Å²) in [6.07, 6.45) is 2.38. The summed E-state index contributed by atoms with van der Waals surface area (Å²) in [6.45, 7) is 2.96. The molecule has 1 saturated heterocycles. The Bertz CT molecular complexity index is 492. The van der Waals surface area contributed by atoms with Gasteiger partial charge in [-0.2, -0.15) is 11.8 Å². The van der Waals surface area contributed by atoms with E-state index in [1.54, 1.807) is 23.6 Å². The summed E-state index contributed by atoms with van der Waals surface area (Å²) in [6, 6.07) is 9.45. The van der Waals surface area contributed by atoms with Gasteiger partial charge < -0.3 is 10.2 Å². The maximum atomic E-state index is 12.8. The Morgan fingerprint density at radius 1 is 1.30 bits per heavy atom. The van der Waals surface area contributed by atoms with Gasteiger partial charge in [-0.3, -0.25) is 9.59 Å². The van der Waals surface area contributed by atoms with Crippen molar-refractivity contribution in [1.82, 2.24) is 10.2 Å². The maximum absolute atomic E-state index is 12.8. The van der Waals surface area contributed by atoms with Crippen LogP contribution < -0.4 is 5.32 Å². The average molecular weight is 292 g/mol. The first kappa shape index (κ1) is 14.9. The number of rotatable bonds is 4. The first-order valence-electron chi connectivity index (χ1n) is 6.73. The van der Waals surface area contributed by atoms with Gasteiger partial charge in [0.15, 0.2) is 0 Å². The molecule has 1 aliphatic rings. The zero-order valence-electron chi connectivity index (χ0n) is 11.9. The van der Waals surface area contributed by atoms with Gasteiger partial charge in [-0.1, -0.05) is 30.3 Å². The van der Waals surface area contributed by atoms with Gasteiger partial charge in [0.2, 0.25) is 5.91 Å². The van der Waals surface area contributed by atoms with Crippen LogP contribution in [0.5, 0.6) is 0 Å². The highest BCUT2D eigenvalue weighted by Crippen LogP contribution is 2.25. The molecule has 2 amide bonds. The highest BCUT2D eigenvalue weighted by atomic mass is 32.2. The Kier molecular flexibility index (Phi) is 4.70. The maximum Gasteiger partial charge on any atom is 0.252 e. The van der Waals surface area contributed by atoms with Gasteiger partial charge >= 0.3 is 0 Å². The molecule has 0 radical (unpaired) electrons. The fraction of sp³-hybridized carbons (Fsp3) is 0.467. The van der Waals surface area contributed by atoms with E-state index in [4.69, 9.17) is 0 Å². The lowest BCUT2D eigenvalue weighted by Crippen LogP contribution is -2.52. The minimum absolute atomic E-state index is 0.0244. The van der Waals surface area contributed by atoms with Gasteiger partial charge in [-0.05, 0) is 18.7 Å². The lowest BCUT2D eigenvalue weighted by molar-refractivity contribution is -0.138. The molecule has 0 saturated carbocycles. The molecular weight excluding hydrogens is 272 g/mol. The Labute approximate surface area is 123 Å². The van der Waals surface area contributed by atoms with Crippen LogP contribution in [0.25, 0.3) is 0 Å². The number of nitrogens with zero attached hydrogens (tertiary/aromatic N) is 1. The number of amides is 2. The molecular formula is C15H20N2O2S. The zero-order chi connectivity index (χ0) is 14.6. The fourth-order valence-corrected chi connectivity index (χ4v) is 2.83. The van der Waals surface area contributed by atoms with Crippen LogP contribution in [0.15, 0.2) is 30.3 Å². The van der Waals surface area contributed by atoms with Crippen molar-refractivity contribution in [3.63, 3.8) is 0 Å². The Balaban J connectivity index is 2.33. The van der Waals surface area contributed by atoms with Crippen LogP contribution in [0.3, 0.4) is 0 Å². The van der Waals surface area contributed by atoms with Crippen molar-refractivity contribution in [3.8, 4) is 0 Å². The van der Waals surface area contributed by atoms with Crippen molar-refractivity contribution in [2.24, 2.45) is 0 Å². The topological polar surface area (TPSA) is 49.4 Å². The highest BCUT2D eigenvalue weighted by molar-refractivity contribution is 7.98. The quantitative estimate of drug-likeness (QED) is 0.917. The molecule has 1 fully saturated rings. The summed E-state index contributed by atoms with van der Waals surface area (Å²) in [4.78, 5) is 26.6. The Morgan fingerprint density at radius 3 is 2.65 bits per heavy atom. The minimum atomic E-state index is -0.965. The van der Waals surface area contributed by atoms with E-state index in [0.29, 0.717) is 19.5 Å². The molecule has 0 bridgehead atoms. The van der Waals surface area contributed by atoms with Crippen LogP contribution in [-0.2, 0) is 15.1 Å². The first-order chi connectivity index (χ1) is 9.58. The predicted octanol–water partition coefficient (Wildman–Crippen LogP) is 1.61. The van der Waals surface area contributed by atoms with Gasteiger partial charge in [-0.25, -0.2) is 0 Å². The molecule has 4 nitrogen and oxygen atoms in total. The van der Waals surface area contributed by atoms with E-state index in [1.807, 2.05) is 36.6 Å². The normalized spacial score (nSPS) is 23.4. The molecule has 5 heteroatoms. The number of benzene rings is 1. The third kappa shape index (κ3) is 2.98. The van der Waals surface area contributed by atoms with Crippen LogP contribution in [0.4, 0.5) is 0 Å². The van der Waals surface area contributed by atoms with Crippen molar-refractivity contribution >= 4 is 23.6 Å². The van der Waals surface area contributed by atoms with Gasteiger partial charge in [0.25, 0.3) is 5.91 Å². The lowest BCUT2D eigenvalue weighted by atomic mass is 9.90. The molecule has 0 aromatic heterocycles. The molecule has 1 N–H and O–H groups in total. The SMILES string of the molecule is CSCCN1CCC(=O)NC(C)(c2ccccc2)C1=O. The monoisotopic (exact) mass is 292 g/mol. The number of carbonyl (C=O) groups is 2. The van der Waals surface area contributed by atoms with Crippen LogP contribution in [0.2, 0.25) is 0 Å². The van der Waals surface area contributed by atoms with E-state index in [9.17, 15) is 9.59 Å². The molecule has 108 valence electrons. The molecule has 1 unspecified atom stereocenters. The van der Waals surface area contributed by atoms with E-state index in [2.05, 4.69) is 5.32 Å². The summed E-state index contributed by atoms with van der Waals surface area (Å²) in [7, 11) is 0. The van der Waals surface area contributed by atoms with E-state index < -0.39 is 5.54 Å². The number of nitrogens with one attached hydrogen (secondary N) is 1.